The van der Waals surface area contributed by atoms with Gasteiger partial charge < -0.3 is 15.1 Å². The van der Waals surface area contributed by atoms with Crippen LogP contribution >= 0.6 is 0 Å². The van der Waals surface area contributed by atoms with Crippen LogP contribution in [0.25, 0.3) is 0 Å². The first-order valence-electron chi connectivity index (χ1n) is 9.04. The van der Waals surface area contributed by atoms with E-state index in [-0.39, 0.29) is 11.9 Å². The Bertz CT molecular complexity index is 942. The summed E-state index contributed by atoms with van der Waals surface area (Å²) in [6.07, 6.45) is 0. The molecule has 0 aliphatic rings. The van der Waals surface area contributed by atoms with Crippen LogP contribution < -0.4 is 10.2 Å². The van der Waals surface area contributed by atoms with E-state index in [0.29, 0.717) is 17.8 Å². The van der Waals surface area contributed by atoms with Crippen molar-refractivity contribution in [2.24, 2.45) is 0 Å². The number of hydrogen-bond acceptors (Lipinski definition) is 2. The largest absolute Gasteiger partial charge is 0.323 e. The summed E-state index contributed by atoms with van der Waals surface area (Å²) in [5, 5.41) is 2.85. The van der Waals surface area contributed by atoms with Gasteiger partial charge in [-0.3, -0.25) is 4.79 Å². The lowest BCUT2D eigenvalue weighted by atomic mass is 10.1. The minimum absolute atomic E-state index is 0.139. The second-order valence-electron chi connectivity index (χ2n) is 6.55. The smallest absolute Gasteiger partial charge is 0.321 e. The highest BCUT2D eigenvalue weighted by Gasteiger charge is 2.15. The molecule has 28 heavy (non-hydrogen) atoms. The molecule has 1 N–H and O–H groups in total. The molecule has 0 bridgehead atoms. The van der Waals surface area contributed by atoms with Gasteiger partial charge in [-0.05, 0) is 35.9 Å². The summed E-state index contributed by atoms with van der Waals surface area (Å²) in [4.78, 5) is 28.4. The fourth-order valence-corrected chi connectivity index (χ4v) is 2.84. The first kappa shape index (κ1) is 19.2. The van der Waals surface area contributed by atoms with Crippen molar-refractivity contribution in [3.63, 3.8) is 0 Å². The van der Waals surface area contributed by atoms with Gasteiger partial charge >= 0.3 is 6.03 Å². The van der Waals surface area contributed by atoms with E-state index >= 15 is 0 Å². The van der Waals surface area contributed by atoms with Gasteiger partial charge in [-0.1, -0.05) is 54.6 Å². The van der Waals surface area contributed by atoms with E-state index in [4.69, 9.17) is 0 Å². The summed E-state index contributed by atoms with van der Waals surface area (Å²) in [5.41, 5.74) is 2.95. The maximum Gasteiger partial charge on any atom is 0.321 e. The molecule has 0 radical (unpaired) electrons. The van der Waals surface area contributed by atoms with Crippen molar-refractivity contribution >= 4 is 23.3 Å². The zero-order valence-corrected chi connectivity index (χ0v) is 16.0. The van der Waals surface area contributed by atoms with Gasteiger partial charge in [0.1, 0.15) is 0 Å². The van der Waals surface area contributed by atoms with Crippen molar-refractivity contribution in [3.8, 4) is 0 Å². The van der Waals surface area contributed by atoms with Gasteiger partial charge in [0.05, 0.1) is 0 Å². The molecule has 0 heterocycles. The molecule has 0 fully saturated rings. The zero-order chi connectivity index (χ0) is 19.9. The number of urea groups is 1. The molecular formula is C23H23N3O2. The normalized spacial score (nSPS) is 10.2. The molecule has 0 aliphatic carbocycles. The van der Waals surface area contributed by atoms with Crippen LogP contribution in [0.4, 0.5) is 16.2 Å². The van der Waals surface area contributed by atoms with Crippen LogP contribution in [0.5, 0.6) is 0 Å². The Morgan fingerprint density at radius 2 is 1.46 bits per heavy atom. The van der Waals surface area contributed by atoms with Crippen LogP contribution in [0.15, 0.2) is 84.9 Å². The third-order valence-electron chi connectivity index (χ3n) is 4.42. The van der Waals surface area contributed by atoms with Crippen molar-refractivity contribution in [3.05, 3.63) is 96.1 Å². The van der Waals surface area contributed by atoms with Gasteiger partial charge in [0.2, 0.25) is 0 Å². The van der Waals surface area contributed by atoms with Crippen molar-refractivity contribution < 1.29 is 9.59 Å². The second-order valence-corrected chi connectivity index (χ2v) is 6.55. The van der Waals surface area contributed by atoms with E-state index in [1.807, 2.05) is 60.7 Å². The van der Waals surface area contributed by atoms with E-state index < -0.39 is 0 Å². The van der Waals surface area contributed by atoms with Crippen LogP contribution in [-0.2, 0) is 6.54 Å². The summed E-state index contributed by atoms with van der Waals surface area (Å²) in [5.74, 6) is -0.139. The molecule has 0 aromatic heterocycles. The summed E-state index contributed by atoms with van der Waals surface area (Å²) in [6, 6.07) is 25.9. The lowest BCUT2D eigenvalue weighted by Crippen LogP contribution is -2.31. The topological polar surface area (TPSA) is 52.7 Å². The van der Waals surface area contributed by atoms with Gasteiger partial charge in [0.25, 0.3) is 5.91 Å². The average molecular weight is 373 g/mol. The Labute approximate surface area is 165 Å². The number of carbonyl (C=O) groups excluding carboxylic acids is 2. The maximum absolute atomic E-state index is 12.8. The van der Waals surface area contributed by atoms with Gasteiger partial charge in [-0.15, -0.1) is 0 Å². The molecule has 3 amide bonds. The molecule has 0 saturated carbocycles. The Balaban J connectivity index is 1.67. The standard InChI is InChI=1S/C23H23N3O2/c1-25(17-18-10-5-3-6-11-18)23(28)24-20-13-9-12-19(16-20)22(27)26(2)21-14-7-4-8-15-21/h3-16H,17H2,1-2H3,(H,24,28). The van der Waals surface area contributed by atoms with Crippen LogP contribution in [-0.4, -0.2) is 30.9 Å². The quantitative estimate of drug-likeness (QED) is 0.709. The van der Waals surface area contributed by atoms with E-state index in [2.05, 4.69) is 5.32 Å². The number of para-hydroxylation sites is 1. The minimum atomic E-state index is -0.232. The highest BCUT2D eigenvalue weighted by molar-refractivity contribution is 6.06. The van der Waals surface area contributed by atoms with Crippen LogP contribution in [0, 0.1) is 0 Å². The number of carbonyl (C=O) groups is 2. The molecule has 0 aliphatic heterocycles. The third kappa shape index (κ3) is 4.76. The number of hydrogen-bond donors (Lipinski definition) is 1. The summed E-state index contributed by atoms with van der Waals surface area (Å²) < 4.78 is 0. The van der Waals surface area contributed by atoms with E-state index in [9.17, 15) is 9.59 Å². The summed E-state index contributed by atoms with van der Waals surface area (Å²) in [6.45, 7) is 0.502. The maximum atomic E-state index is 12.8. The van der Waals surface area contributed by atoms with Gasteiger partial charge in [-0.25, -0.2) is 4.79 Å². The molecule has 0 atom stereocenters. The first-order valence-corrected chi connectivity index (χ1v) is 9.04. The summed E-state index contributed by atoms with van der Waals surface area (Å²) in [7, 11) is 3.47. The predicted octanol–water partition coefficient (Wildman–Crippen LogP) is 4.63. The molecular weight excluding hydrogens is 350 g/mol. The number of nitrogens with one attached hydrogen (secondary N) is 1. The monoisotopic (exact) mass is 373 g/mol. The Kier molecular flexibility index (Phi) is 6.07. The molecule has 3 aromatic carbocycles. The van der Waals surface area contributed by atoms with Crippen LogP contribution in [0.2, 0.25) is 0 Å². The molecule has 3 aromatic rings. The molecule has 0 unspecified atom stereocenters. The van der Waals surface area contributed by atoms with Crippen LogP contribution in [0.1, 0.15) is 15.9 Å². The Hall–Kier alpha value is -3.60. The van der Waals surface area contributed by atoms with Crippen molar-refractivity contribution in [1.82, 2.24) is 4.90 Å². The number of anilines is 2. The van der Waals surface area contributed by atoms with Gasteiger partial charge in [0.15, 0.2) is 0 Å². The molecule has 0 saturated heterocycles. The second kappa shape index (κ2) is 8.86. The lowest BCUT2D eigenvalue weighted by Gasteiger charge is -2.19. The average Bonchev–Trinajstić information content (AvgIpc) is 2.74. The fraction of sp³-hybridized carbons (Fsp3) is 0.130. The van der Waals surface area contributed by atoms with E-state index in [1.165, 1.54) is 0 Å². The van der Waals surface area contributed by atoms with Crippen molar-refractivity contribution in [1.29, 1.82) is 0 Å². The zero-order valence-electron chi connectivity index (χ0n) is 16.0. The minimum Gasteiger partial charge on any atom is -0.323 e. The molecule has 5 nitrogen and oxygen atoms in total. The number of nitrogens with zero attached hydrogens (tertiary/aromatic N) is 2. The van der Waals surface area contributed by atoms with Crippen molar-refractivity contribution in [2.45, 2.75) is 6.54 Å². The molecule has 142 valence electrons. The number of rotatable bonds is 5. The lowest BCUT2D eigenvalue weighted by molar-refractivity contribution is 0.0993. The Morgan fingerprint density at radius 3 is 2.14 bits per heavy atom. The third-order valence-corrected chi connectivity index (χ3v) is 4.42. The Morgan fingerprint density at radius 1 is 0.821 bits per heavy atom. The van der Waals surface area contributed by atoms with Crippen LogP contribution in [0.3, 0.4) is 0 Å². The fourth-order valence-electron chi connectivity index (χ4n) is 2.84. The highest BCUT2D eigenvalue weighted by Crippen LogP contribution is 2.18. The van der Waals surface area contributed by atoms with E-state index in [1.54, 1.807) is 48.2 Å². The molecule has 0 spiro atoms. The summed E-state index contributed by atoms with van der Waals surface area (Å²) >= 11 is 0. The highest BCUT2D eigenvalue weighted by atomic mass is 16.2. The molecule has 3 rings (SSSR count). The SMILES string of the molecule is CN(Cc1ccccc1)C(=O)Nc1cccc(C(=O)N(C)c2ccccc2)c1. The molecule has 5 heteroatoms. The van der Waals surface area contributed by atoms with Gasteiger partial charge in [-0.2, -0.15) is 0 Å². The first-order chi connectivity index (χ1) is 13.5. The van der Waals surface area contributed by atoms with E-state index in [0.717, 1.165) is 11.3 Å². The van der Waals surface area contributed by atoms with Gasteiger partial charge in [0, 0.05) is 37.6 Å². The van der Waals surface area contributed by atoms with Crippen molar-refractivity contribution in [2.75, 3.05) is 24.3 Å². The predicted molar refractivity (Wildman–Crippen MR) is 113 cm³/mol. The number of amides is 3. The number of benzene rings is 3.